The average Bonchev–Trinajstić information content (AvgIpc) is 2.38. The number of nitrogens with zero attached hydrogens (tertiary/aromatic N) is 2. The first kappa shape index (κ1) is 16.5. The standard InChI is InChI=1S/C12H18N2O5S/c1-2-7-13(8-9-15)20(18,19)10-11-5-3-4-6-12(11)14(16)17/h3-6,15H,2,7-10H2,1H3. The fourth-order valence-electron chi connectivity index (χ4n) is 1.85. The van der Waals surface area contributed by atoms with Crippen LogP contribution in [0.15, 0.2) is 24.3 Å². The highest BCUT2D eigenvalue weighted by Gasteiger charge is 2.25. The van der Waals surface area contributed by atoms with E-state index in [2.05, 4.69) is 0 Å². The molecule has 0 saturated carbocycles. The van der Waals surface area contributed by atoms with Crippen molar-refractivity contribution in [1.29, 1.82) is 0 Å². The van der Waals surface area contributed by atoms with Crippen molar-refractivity contribution in [2.45, 2.75) is 19.1 Å². The Balaban J connectivity index is 3.03. The predicted molar refractivity (Wildman–Crippen MR) is 74.7 cm³/mol. The molecule has 0 aliphatic heterocycles. The lowest BCUT2D eigenvalue weighted by atomic mass is 10.2. The van der Waals surface area contributed by atoms with Gasteiger partial charge >= 0.3 is 0 Å². The Morgan fingerprint density at radius 1 is 1.30 bits per heavy atom. The van der Waals surface area contributed by atoms with E-state index in [-0.39, 0.29) is 30.9 Å². The molecule has 1 rings (SSSR count). The molecule has 0 aliphatic rings. The number of para-hydroxylation sites is 1. The smallest absolute Gasteiger partial charge is 0.273 e. The van der Waals surface area contributed by atoms with E-state index in [1.165, 1.54) is 18.2 Å². The molecule has 0 atom stereocenters. The number of hydrogen-bond donors (Lipinski definition) is 1. The molecule has 0 bridgehead atoms. The summed E-state index contributed by atoms with van der Waals surface area (Å²) in [5.41, 5.74) is -0.0620. The van der Waals surface area contributed by atoms with Crippen LogP contribution in [0.25, 0.3) is 0 Å². The monoisotopic (exact) mass is 302 g/mol. The molecule has 0 unspecified atom stereocenters. The lowest BCUT2D eigenvalue weighted by Crippen LogP contribution is -2.35. The molecular formula is C12H18N2O5S. The lowest BCUT2D eigenvalue weighted by Gasteiger charge is -2.20. The van der Waals surface area contributed by atoms with E-state index < -0.39 is 20.7 Å². The van der Waals surface area contributed by atoms with E-state index in [1.807, 2.05) is 6.92 Å². The van der Waals surface area contributed by atoms with Crippen LogP contribution in [0.2, 0.25) is 0 Å². The summed E-state index contributed by atoms with van der Waals surface area (Å²) in [4.78, 5) is 10.3. The minimum atomic E-state index is -3.69. The van der Waals surface area contributed by atoms with E-state index in [4.69, 9.17) is 5.11 Å². The van der Waals surface area contributed by atoms with Gasteiger partial charge in [-0.25, -0.2) is 8.42 Å². The maximum atomic E-state index is 12.2. The van der Waals surface area contributed by atoms with Gasteiger partial charge < -0.3 is 5.11 Å². The Morgan fingerprint density at radius 2 is 1.95 bits per heavy atom. The van der Waals surface area contributed by atoms with Gasteiger partial charge in [0, 0.05) is 24.7 Å². The molecule has 8 heteroatoms. The number of rotatable bonds is 8. The Bertz CT molecular complexity index is 553. The summed E-state index contributed by atoms with van der Waals surface area (Å²) in [5, 5.41) is 19.8. The number of nitro benzene ring substituents is 1. The van der Waals surface area contributed by atoms with Crippen molar-refractivity contribution in [1.82, 2.24) is 4.31 Å². The van der Waals surface area contributed by atoms with Gasteiger partial charge in [-0.1, -0.05) is 25.1 Å². The quantitative estimate of drug-likeness (QED) is 0.573. The first-order valence-corrected chi connectivity index (χ1v) is 7.84. The lowest BCUT2D eigenvalue weighted by molar-refractivity contribution is -0.385. The SMILES string of the molecule is CCCN(CCO)S(=O)(=O)Cc1ccccc1[N+](=O)[O-]. The number of aliphatic hydroxyl groups excluding tert-OH is 1. The molecule has 0 saturated heterocycles. The number of sulfonamides is 1. The summed E-state index contributed by atoms with van der Waals surface area (Å²) < 4.78 is 25.7. The highest BCUT2D eigenvalue weighted by atomic mass is 32.2. The van der Waals surface area contributed by atoms with Gasteiger partial charge in [0.2, 0.25) is 10.0 Å². The van der Waals surface area contributed by atoms with Crippen LogP contribution in [0.3, 0.4) is 0 Å². The van der Waals surface area contributed by atoms with Gasteiger partial charge in [-0.15, -0.1) is 0 Å². The zero-order valence-corrected chi connectivity index (χ0v) is 12.0. The van der Waals surface area contributed by atoms with Gasteiger partial charge in [0.05, 0.1) is 17.3 Å². The summed E-state index contributed by atoms with van der Waals surface area (Å²) in [6.07, 6.45) is 0.607. The van der Waals surface area contributed by atoms with Crippen LogP contribution in [0.4, 0.5) is 5.69 Å². The van der Waals surface area contributed by atoms with Crippen LogP contribution in [0, 0.1) is 10.1 Å². The third kappa shape index (κ3) is 4.26. The molecule has 7 nitrogen and oxygen atoms in total. The Labute approximate surface area is 118 Å². The second kappa shape index (κ2) is 7.32. The van der Waals surface area contributed by atoms with Gasteiger partial charge in [0.15, 0.2) is 0 Å². The van der Waals surface area contributed by atoms with E-state index in [0.29, 0.717) is 6.42 Å². The van der Waals surface area contributed by atoms with Crippen LogP contribution in [-0.4, -0.2) is 42.4 Å². The molecule has 112 valence electrons. The second-order valence-electron chi connectivity index (χ2n) is 4.26. The number of hydrogen-bond acceptors (Lipinski definition) is 5. The third-order valence-electron chi connectivity index (χ3n) is 2.74. The van der Waals surface area contributed by atoms with Crippen molar-refractivity contribution in [2.24, 2.45) is 0 Å². The van der Waals surface area contributed by atoms with Crippen LogP contribution in [0.5, 0.6) is 0 Å². The zero-order chi connectivity index (χ0) is 15.2. The van der Waals surface area contributed by atoms with Crippen molar-refractivity contribution in [3.8, 4) is 0 Å². The molecule has 0 heterocycles. The fourth-order valence-corrected chi connectivity index (χ4v) is 3.49. The average molecular weight is 302 g/mol. The summed E-state index contributed by atoms with van der Waals surface area (Å²) in [5.74, 6) is -0.440. The highest BCUT2D eigenvalue weighted by Crippen LogP contribution is 2.21. The second-order valence-corrected chi connectivity index (χ2v) is 6.23. The summed E-state index contributed by atoms with van der Waals surface area (Å²) >= 11 is 0. The molecule has 0 radical (unpaired) electrons. The van der Waals surface area contributed by atoms with Gasteiger partial charge in [0.1, 0.15) is 0 Å². The molecule has 0 aliphatic carbocycles. The van der Waals surface area contributed by atoms with E-state index in [9.17, 15) is 18.5 Å². The molecule has 1 aromatic rings. The maximum Gasteiger partial charge on any atom is 0.273 e. The molecule has 1 N–H and O–H groups in total. The Morgan fingerprint density at radius 3 is 2.50 bits per heavy atom. The molecule has 20 heavy (non-hydrogen) atoms. The normalized spacial score (nSPS) is 11.8. The topological polar surface area (TPSA) is 101 Å². The Hall–Kier alpha value is -1.51. The highest BCUT2D eigenvalue weighted by molar-refractivity contribution is 7.88. The van der Waals surface area contributed by atoms with Crippen molar-refractivity contribution in [2.75, 3.05) is 19.7 Å². The van der Waals surface area contributed by atoms with Crippen molar-refractivity contribution >= 4 is 15.7 Å². The predicted octanol–water partition coefficient (Wildman–Crippen LogP) is 1.13. The van der Waals surface area contributed by atoms with Crippen LogP contribution >= 0.6 is 0 Å². The van der Waals surface area contributed by atoms with Gasteiger partial charge in [-0.3, -0.25) is 10.1 Å². The summed E-state index contributed by atoms with van der Waals surface area (Å²) in [6, 6.07) is 5.76. The first-order chi connectivity index (χ1) is 9.42. The van der Waals surface area contributed by atoms with Crippen molar-refractivity contribution < 1.29 is 18.4 Å². The first-order valence-electron chi connectivity index (χ1n) is 6.23. The van der Waals surface area contributed by atoms with Gasteiger partial charge in [-0.2, -0.15) is 4.31 Å². The Kier molecular flexibility index (Phi) is 6.05. The summed E-state index contributed by atoms with van der Waals surface area (Å²) in [7, 11) is -3.69. The van der Waals surface area contributed by atoms with Gasteiger partial charge in [-0.05, 0) is 6.42 Å². The minimum Gasteiger partial charge on any atom is -0.395 e. The van der Waals surface area contributed by atoms with Crippen molar-refractivity contribution in [3.63, 3.8) is 0 Å². The zero-order valence-electron chi connectivity index (χ0n) is 11.2. The molecule has 0 aromatic heterocycles. The van der Waals surface area contributed by atoms with Crippen LogP contribution < -0.4 is 0 Å². The van der Waals surface area contributed by atoms with Crippen LogP contribution in [-0.2, 0) is 15.8 Å². The number of aliphatic hydroxyl groups is 1. The largest absolute Gasteiger partial charge is 0.395 e. The molecule has 0 spiro atoms. The third-order valence-corrected chi connectivity index (χ3v) is 4.57. The van der Waals surface area contributed by atoms with Gasteiger partial charge in [0.25, 0.3) is 5.69 Å². The number of benzene rings is 1. The van der Waals surface area contributed by atoms with E-state index in [0.717, 1.165) is 4.31 Å². The van der Waals surface area contributed by atoms with E-state index in [1.54, 1.807) is 6.07 Å². The summed E-state index contributed by atoms with van der Waals surface area (Å²) in [6.45, 7) is 1.82. The maximum absolute atomic E-state index is 12.2. The van der Waals surface area contributed by atoms with E-state index >= 15 is 0 Å². The molecule has 1 aromatic carbocycles. The molecule has 0 amide bonds. The fraction of sp³-hybridized carbons (Fsp3) is 0.500. The molecular weight excluding hydrogens is 284 g/mol. The minimum absolute atomic E-state index is 0.00317. The number of nitro groups is 1. The van der Waals surface area contributed by atoms with Crippen molar-refractivity contribution in [3.05, 3.63) is 39.9 Å². The molecule has 0 fully saturated rings. The van der Waals surface area contributed by atoms with Crippen LogP contribution in [0.1, 0.15) is 18.9 Å².